The van der Waals surface area contributed by atoms with Gasteiger partial charge in [0.2, 0.25) is 5.91 Å². The molecule has 29 heavy (non-hydrogen) atoms. The van der Waals surface area contributed by atoms with E-state index >= 15 is 0 Å². The smallest absolute Gasteiger partial charge is 0.220 e. The van der Waals surface area contributed by atoms with Crippen LogP contribution in [0.2, 0.25) is 0 Å². The molecule has 0 radical (unpaired) electrons. The molecule has 0 spiro atoms. The number of H-pyrrole nitrogens is 1. The Morgan fingerprint density at radius 1 is 1.14 bits per heavy atom. The summed E-state index contributed by atoms with van der Waals surface area (Å²) < 4.78 is 0. The van der Waals surface area contributed by atoms with Gasteiger partial charge < -0.3 is 15.6 Å². The molecule has 1 aliphatic rings. The summed E-state index contributed by atoms with van der Waals surface area (Å²) in [7, 11) is 0. The highest BCUT2D eigenvalue weighted by Gasteiger charge is 2.23. The first-order valence-corrected chi connectivity index (χ1v) is 10.8. The van der Waals surface area contributed by atoms with Crippen molar-refractivity contribution >= 4 is 16.8 Å². The van der Waals surface area contributed by atoms with Crippen LogP contribution in [0.15, 0.2) is 60.8 Å². The number of fused-ring (bicyclic) bond motifs is 1. The molecule has 1 aliphatic heterocycles. The Bertz CT molecular complexity index is 927. The second-order valence-electron chi connectivity index (χ2n) is 8.34. The van der Waals surface area contributed by atoms with Crippen molar-refractivity contribution in [3.8, 4) is 0 Å². The predicted molar refractivity (Wildman–Crippen MR) is 119 cm³/mol. The number of rotatable bonds is 7. The Hall–Kier alpha value is -2.59. The zero-order chi connectivity index (χ0) is 20.1. The Labute approximate surface area is 173 Å². The Morgan fingerprint density at radius 3 is 2.72 bits per heavy atom. The number of aromatic nitrogens is 1. The number of hydrogen-bond donors (Lipinski definition) is 3. The lowest BCUT2D eigenvalue weighted by Gasteiger charge is -2.28. The van der Waals surface area contributed by atoms with E-state index in [0.29, 0.717) is 24.8 Å². The van der Waals surface area contributed by atoms with Gasteiger partial charge in [-0.3, -0.25) is 4.79 Å². The van der Waals surface area contributed by atoms with E-state index in [4.69, 9.17) is 0 Å². The van der Waals surface area contributed by atoms with Crippen molar-refractivity contribution in [1.82, 2.24) is 15.6 Å². The lowest BCUT2D eigenvalue weighted by Crippen LogP contribution is -2.36. The van der Waals surface area contributed by atoms with Crippen LogP contribution in [0.25, 0.3) is 10.9 Å². The molecule has 2 heterocycles. The summed E-state index contributed by atoms with van der Waals surface area (Å²) >= 11 is 0. The van der Waals surface area contributed by atoms with Crippen LogP contribution in [0.1, 0.15) is 43.2 Å². The summed E-state index contributed by atoms with van der Waals surface area (Å²) in [6.45, 7) is 4.97. The molecule has 3 N–H and O–H groups in total. The van der Waals surface area contributed by atoms with E-state index in [9.17, 15) is 4.79 Å². The number of benzene rings is 2. The maximum Gasteiger partial charge on any atom is 0.220 e. The van der Waals surface area contributed by atoms with Gasteiger partial charge in [-0.25, -0.2) is 0 Å². The quantitative estimate of drug-likeness (QED) is 0.559. The molecule has 0 aliphatic carbocycles. The van der Waals surface area contributed by atoms with Crippen LogP contribution < -0.4 is 10.6 Å². The number of carbonyl (C=O) groups is 1. The molecule has 3 atom stereocenters. The van der Waals surface area contributed by atoms with Crippen LogP contribution in [0.4, 0.5) is 0 Å². The molecule has 3 unspecified atom stereocenters. The van der Waals surface area contributed by atoms with Gasteiger partial charge in [-0.15, -0.1) is 0 Å². The van der Waals surface area contributed by atoms with E-state index in [1.165, 1.54) is 29.4 Å². The van der Waals surface area contributed by atoms with Gasteiger partial charge in [-0.05, 0) is 55.0 Å². The van der Waals surface area contributed by atoms with Gasteiger partial charge in [0.15, 0.2) is 0 Å². The largest absolute Gasteiger partial charge is 0.361 e. The first kappa shape index (κ1) is 19.7. The summed E-state index contributed by atoms with van der Waals surface area (Å²) in [6, 6.07) is 18.8. The normalized spacial score (nSPS) is 19.0. The number of para-hydroxylation sites is 1. The van der Waals surface area contributed by atoms with Gasteiger partial charge in [0.1, 0.15) is 0 Å². The monoisotopic (exact) mass is 389 g/mol. The fourth-order valence-electron chi connectivity index (χ4n) is 4.59. The SMILES string of the molecule is CC(CC(=O)NCC(c1ccccc1)c1c[nH]c2ccccc12)C1CCCNC1. The first-order chi connectivity index (χ1) is 14.2. The van der Waals surface area contributed by atoms with Crippen molar-refractivity contribution in [2.45, 2.75) is 32.1 Å². The van der Waals surface area contributed by atoms with Crippen LogP contribution in [0, 0.1) is 11.8 Å². The molecule has 1 fully saturated rings. The fraction of sp³-hybridized carbons (Fsp3) is 0.400. The van der Waals surface area contributed by atoms with Crippen molar-refractivity contribution in [1.29, 1.82) is 0 Å². The van der Waals surface area contributed by atoms with Crippen LogP contribution in [0.3, 0.4) is 0 Å². The molecule has 3 aromatic rings. The lowest BCUT2D eigenvalue weighted by atomic mass is 9.85. The van der Waals surface area contributed by atoms with E-state index in [0.717, 1.165) is 18.6 Å². The molecule has 4 nitrogen and oxygen atoms in total. The topological polar surface area (TPSA) is 56.9 Å². The highest BCUT2D eigenvalue weighted by atomic mass is 16.1. The number of nitrogens with one attached hydrogen (secondary N) is 3. The van der Waals surface area contributed by atoms with Crippen molar-refractivity contribution in [2.24, 2.45) is 11.8 Å². The van der Waals surface area contributed by atoms with Crippen LogP contribution in [0.5, 0.6) is 0 Å². The van der Waals surface area contributed by atoms with E-state index in [2.05, 4.69) is 71.2 Å². The number of piperidine rings is 1. The highest BCUT2D eigenvalue weighted by Crippen LogP contribution is 2.30. The maximum absolute atomic E-state index is 12.7. The van der Waals surface area contributed by atoms with Crippen molar-refractivity contribution in [3.63, 3.8) is 0 Å². The molecular weight excluding hydrogens is 358 g/mol. The first-order valence-electron chi connectivity index (χ1n) is 10.8. The molecule has 1 aromatic heterocycles. The Kier molecular flexibility index (Phi) is 6.30. The number of hydrogen-bond acceptors (Lipinski definition) is 2. The minimum Gasteiger partial charge on any atom is -0.361 e. The molecule has 152 valence electrons. The minimum absolute atomic E-state index is 0.128. The van der Waals surface area contributed by atoms with Crippen molar-refractivity contribution < 1.29 is 4.79 Å². The van der Waals surface area contributed by atoms with Gasteiger partial charge in [0.25, 0.3) is 0 Å². The predicted octanol–water partition coefficient (Wildman–Crippen LogP) is 4.44. The third-order valence-electron chi connectivity index (χ3n) is 6.35. The standard InChI is InChI=1S/C25H31N3O/c1-18(20-10-7-13-26-15-20)14-25(29)28-16-22(19-8-3-2-4-9-19)23-17-27-24-12-6-5-11-21(23)24/h2-6,8-9,11-12,17-18,20,22,26-27H,7,10,13-16H2,1H3,(H,28,29). The second-order valence-corrected chi connectivity index (χ2v) is 8.34. The number of amides is 1. The zero-order valence-electron chi connectivity index (χ0n) is 17.2. The summed E-state index contributed by atoms with van der Waals surface area (Å²) in [5, 5.41) is 7.91. The zero-order valence-corrected chi connectivity index (χ0v) is 17.2. The molecule has 4 rings (SSSR count). The molecule has 0 bridgehead atoms. The molecule has 1 saturated heterocycles. The summed E-state index contributed by atoms with van der Waals surface area (Å²) in [5.74, 6) is 1.30. The summed E-state index contributed by atoms with van der Waals surface area (Å²) in [6.07, 6.45) is 5.13. The van der Waals surface area contributed by atoms with Crippen LogP contribution >= 0.6 is 0 Å². The van der Waals surface area contributed by atoms with E-state index in [1.54, 1.807) is 0 Å². The third kappa shape index (κ3) is 4.70. The van der Waals surface area contributed by atoms with Gasteiger partial charge >= 0.3 is 0 Å². The molecule has 2 aromatic carbocycles. The second kappa shape index (κ2) is 9.27. The molecule has 4 heteroatoms. The van der Waals surface area contributed by atoms with E-state index in [-0.39, 0.29) is 11.8 Å². The van der Waals surface area contributed by atoms with Gasteiger partial charge in [-0.2, -0.15) is 0 Å². The van der Waals surface area contributed by atoms with Crippen molar-refractivity contribution in [2.75, 3.05) is 19.6 Å². The minimum atomic E-state index is 0.128. The van der Waals surface area contributed by atoms with Crippen LogP contribution in [-0.2, 0) is 4.79 Å². The fourth-order valence-corrected chi connectivity index (χ4v) is 4.59. The number of aromatic amines is 1. The number of carbonyl (C=O) groups excluding carboxylic acids is 1. The highest BCUT2D eigenvalue weighted by molar-refractivity contribution is 5.84. The Balaban J connectivity index is 1.47. The van der Waals surface area contributed by atoms with Crippen molar-refractivity contribution in [3.05, 3.63) is 71.9 Å². The van der Waals surface area contributed by atoms with Gasteiger partial charge in [-0.1, -0.05) is 55.5 Å². The average molecular weight is 390 g/mol. The van der Waals surface area contributed by atoms with E-state index in [1.807, 2.05) is 12.1 Å². The molecule has 0 saturated carbocycles. The van der Waals surface area contributed by atoms with Gasteiger partial charge in [0, 0.05) is 36.0 Å². The lowest BCUT2D eigenvalue weighted by molar-refractivity contribution is -0.122. The Morgan fingerprint density at radius 2 is 1.93 bits per heavy atom. The maximum atomic E-state index is 12.7. The third-order valence-corrected chi connectivity index (χ3v) is 6.35. The molecular formula is C25H31N3O. The molecule has 1 amide bonds. The van der Waals surface area contributed by atoms with Gasteiger partial charge in [0.05, 0.1) is 0 Å². The summed E-state index contributed by atoms with van der Waals surface area (Å²) in [5.41, 5.74) is 3.59. The summed E-state index contributed by atoms with van der Waals surface area (Å²) in [4.78, 5) is 16.1. The van der Waals surface area contributed by atoms with E-state index < -0.39 is 0 Å². The average Bonchev–Trinajstić information content (AvgIpc) is 3.19. The van der Waals surface area contributed by atoms with Crippen LogP contribution in [-0.4, -0.2) is 30.5 Å².